The highest BCUT2D eigenvalue weighted by molar-refractivity contribution is 5.87. The molecule has 0 aliphatic rings. The molecule has 18 heavy (non-hydrogen) atoms. The number of nitrogens with zero attached hydrogens (tertiary/aromatic N) is 1. The summed E-state index contributed by atoms with van der Waals surface area (Å²) in [7, 11) is 0. The lowest BCUT2D eigenvalue weighted by Gasteiger charge is -2.26. The molecule has 0 aliphatic heterocycles. The third-order valence-corrected chi connectivity index (χ3v) is 2.42. The van der Waals surface area contributed by atoms with Gasteiger partial charge in [-0.1, -0.05) is 19.9 Å². The zero-order valence-electron chi connectivity index (χ0n) is 10.5. The molecule has 0 spiro atoms. The fraction of sp³-hybridized carbons (Fsp3) is 0.385. The molecule has 2 N–H and O–H groups in total. The van der Waals surface area contributed by atoms with E-state index in [2.05, 4.69) is 0 Å². The van der Waals surface area contributed by atoms with Crippen molar-refractivity contribution in [1.82, 2.24) is 0 Å². The van der Waals surface area contributed by atoms with Gasteiger partial charge in [0.25, 0.3) is 0 Å². The van der Waals surface area contributed by atoms with Gasteiger partial charge >= 0.3 is 0 Å². The van der Waals surface area contributed by atoms with Gasteiger partial charge in [0.2, 0.25) is 5.91 Å². The van der Waals surface area contributed by atoms with E-state index < -0.39 is 11.7 Å². The smallest absolute Gasteiger partial charge is 0.236 e. The van der Waals surface area contributed by atoms with Gasteiger partial charge in [-0.05, 0) is 18.1 Å². The van der Waals surface area contributed by atoms with E-state index in [-0.39, 0.29) is 18.0 Å². The van der Waals surface area contributed by atoms with Gasteiger partial charge in [0.15, 0.2) is 6.29 Å². The molecule has 0 heterocycles. The second-order valence-corrected chi connectivity index (χ2v) is 4.53. The number of benzene rings is 1. The zero-order valence-corrected chi connectivity index (χ0v) is 10.5. The van der Waals surface area contributed by atoms with Gasteiger partial charge in [0.1, 0.15) is 5.82 Å². The quantitative estimate of drug-likeness (QED) is 0.782. The highest BCUT2D eigenvalue weighted by Gasteiger charge is 2.16. The summed E-state index contributed by atoms with van der Waals surface area (Å²) in [6.07, 6.45) is 0.457. The van der Waals surface area contributed by atoms with Crippen molar-refractivity contribution in [2.45, 2.75) is 13.8 Å². The van der Waals surface area contributed by atoms with E-state index in [0.717, 1.165) is 0 Å². The van der Waals surface area contributed by atoms with Crippen LogP contribution in [0, 0.1) is 11.7 Å². The first-order valence-electron chi connectivity index (χ1n) is 5.72. The summed E-state index contributed by atoms with van der Waals surface area (Å²) in [4.78, 5) is 23.6. The van der Waals surface area contributed by atoms with Gasteiger partial charge in [-0.3, -0.25) is 9.59 Å². The molecule has 1 aromatic carbocycles. The predicted octanol–water partition coefficient (Wildman–Crippen LogP) is 1.59. The summed E-state index contributed by atoms with van der Waals surface area (Å²) < 4.78 is 13.5. The van der Waals surface area contributed by atoms with Gasteiger partial charge in [-0.15, -0.1) is 0 Å². The van der Waals surface area contributed by atoms with Gasteiger partial charge in [0.05, 0.1) is 17.8 Å². The Balaban J connectivity index is 3.15. The van der Waals surface area contributed by atoms with Crippen LogP contribution in [-0.4, -0.2) is 25.3 Å². The maximum atomic E-state index is 13.5. The average molecular weight is 252 g/mol. The van der Waals surface area contributed by atoms with E-state index in [1.165, 1.54) is 12.1 Å². The number of hydrogen-bond donors (Lipinski definition) is 1. The molecule has 0 fully saturated rings. The van der Waals surface area contributed by atoms with Crippen LogP contribution < -0.4 is 10.6 Å². The minimum atomic E-state index is -0.597. The molecular formula is C13H17FN2O2. The molecule has 0 bridgehead atoms. The topological polar surface area (TPSA) is 63.4 Å². The second kappa shape index (κ2) is 6.14. The van der Waals surface area contributed by atoms with Gasteiger partial charge in [0, 0.05) is 6.54 Å². The first kappa shape index (κ1) is 14.2. The summed E-state index contributed by atoms with van der Waals surface area (Å²) in [6, 6.07) is 4.33. The second-order valence-electron chi connectivity index (χ2n) is 4.53. The van der Waals surface area contributed by atoms with Crippen LogP contribution >= 0.6 is 0 Å². The van der Waals surface area contributed by atoms with Crippen molar-refractivity contribution in [2.24, 2.45) is 11.7 Å². The van der Waals surface area contributed by atoms with E-state index in [4.69, 9.17) is 5.73 Å². The fourth-order valence-electron chi connectivity index (χ4n) is 1.80. The number of hydrogen-bond acceptors (Lipinski definition) is 3. The number of rotatable bonds is 6. The van der Waals surface area contributed by atoms with E-state index >= 15 is 0 Å². The molecule has 1 aromatic rings. The van der Waals surface area contributed by atoms with Crippen LogP contribution in [-0.2, 0) is 4.79 Å². The van der Waals surface area contributed by atoms with Crippen molar-refractivity contribution < 1.29 is 14.0 Å². The molecule has 0 aliphatic carbocycles. The monoisotopic (exact) mass is 252 g/mol. The van der Waals surface area contributed by atoms with Crippen molar-refractivity contribution >= 4 is 17.9 Å². The maximum Gasteiger partial charge on any atom is 0.236 e. The lowest BCUT2D eigenvalue weighted by molar-refractivity contribution is -0.116. The zero-order chi connectivity index (χ0) is 13.7. The number of aldehydes is 1. The molecule has 0 unspecified atom stereocenters. The van der Waals surface area contributed by atoms with Crippen LogP contribution in [0.15, 0.2) is 18.2 Å². The largest absolute Gasteiger partial charge is 0.368 e. The third kappa shape index (κ3) is 3.55. The molecular weight excluding hydrogens is 235 g/mol. The Morgan fingerprint density at radius 2 is 2.17 bits per heavy atom. The van der Waals surface area contributed by atoms with Gasteiger partial charge in [-0.25, -0.2) is 4.39 Å². The molecule has 0 saturated carbocycles. The molecule has 4 nitrogen and oxygen atoms in total. The third-order valence-electron chi connectivity index (χ3n) is 2.42. The normalized spacial score (nSPS) is 10.4. The summed E-state index contributed by atoms with van der Waals surface area (Å²) in [6.45, 7) is 4.41. The maximum absolute atomic E-state index is 13.5. The van der Waals surface area contributed by atoms with Crippen molar-refractivity contribution in [3.63, 3.8) is 0 Å². The fourth-order valence-corrected chi connectivity index (χ4v) is 1.80. The number of carbonyl (C=O) groups is 2. The van der Waals surface area contributed by atoms with E-state index in [9.17, 15) is 14.0 Å². The van der Waals surface area contributed by atoms with Crippen LogP contribution in [0.3, 0.4) is 0 Å². The summed E-state index contributed by atoms with van der Waals surface area (Å²) in [5.41, 5.74) is 5.53. The van der Waals surface area contributed by atoms with Crippen LogP contribution in [0.1, 0.15) is 24.2 Å². The molecule has 98 valence electrons. The van der Waals surface area contributed by atoms with Crippen molar-refractivity contribution in [1.29, 1.82) is 0 Å². The molecule has 0 saturated heterocycles. The molecule has 0 atom stereocenters. The number of anilines is 1. The summed E-state index contributed by atoms with van der Waals surface area (Å²) in [5.74, 6) is -0.857. The molecule has 1 amide bonds. The SMILES string of the molecule is CC(C)CN(CC(N)=O)c1cccc(F)c1C=O. The Hall–Kier alpha value is -1.91. The first-order valence-corrected chi connectivity index (χ1v) is 5.72. The lowest BCUT2D eigenvalue weighted by Crippen LogP contribution is -2.37. The highest BCUT2D eigenvalue weighted by atomic mass is 19.1. The summed E-state index contributed by atoms with van der Waals surface area (Å²) in [5, 5.41) is 0. The van der Waals surface area contributed by atoms with Crippen LogP contribution in [0.2, 0.25) is 0 Å². The highest BCUT2D eigenvalue weighted by Crippen LogP contribution is 2.22. The van der Waals surface area contributed by atoms with E-state index in [0.29, 0.717) is 18.5 Å². The Morgan fingerprint density at radius 3 is 2.67 bits per heavy atom. The molecule has 1 rings (SSSR count). The Morgan fingerprint density at radius 1 is 1.50 bits per heavy atom. The van der Waals surface area contributed by atoms with Crippen molar-refractivity contribution in [3.05, 3.63) is 29.6 Å². The lowest BCUT2D eigenvalue weighted by atomic mass is 10.1. The predicted molar refractivity (Wildman–Crippen MR) is 68.0 cm³/mol. The Kier molecular flexibility index (Phi) is 4.83. The molecule has 0 aromatic heterocycles. The minimum Gasteiger partial charge on any atom is -0.368 e. The standard InChI is InChI=1S/C13H17FN2O2/c1-9(2)6-16(7-13(15)18)12-5-3-4-11(14)10(12)8-17/h3-5,8-9H,6-7H2,1-2H3,(H2,15,18). The van der Waals surface area contributed by atoms with Gasteiger partial charge in [-0.2, -0.15) is 0 Å². The molecule has 0 radical (unpaired) electrons. The van der Waals surface area contributed by atoms with Crippen LogP contribution in [0.25, 0.3) is 0 Å². The van der Waals surface area contributed by atoms with E-state index in [1.54, 1.807) is 11.0 Å². The Labute approximate surface area is 106 Å². The number of halogens is 1. The van der Waals surface area contributed by atoms with Crippen molar-refractivity contribution in [2.75, 3.05) is 18.0 Å². The molecule has 5 heteroatoms. The number of nitrogens with two attached hydrogens (primary N) is 1. The number of carbonyl (C=O) groups excluding carboxylic acids is 2. The van der Waals surface area contributed by atoms with Crippen molar-refractivity contribution in [3.8, 4) is 0 Å². The van der Waals surface area contributed by atoms with Crippen LogP contribution in [0.4, 0.5) is 10.1 Å². The van der Waals surface area contributed by atoms with Gasteiger partial charge < -0.3 is 10.6 Å². The van der Waals surface area contributed by atoms with Crippen LogP contribution in [0.5, 0.6) is 0 Å². The number of amides is 1. The van der Waals surface area contributed by atoms with E-state index in [1.807, 2.05) is 13.8 Å². The Bertz CT molecular complexity index is 447. The summed E-state index contributed by atoms with van der Waals surface area (Å²) >= 11 is 0. The first-order chi connectivity index (χ1) is 8.45. The number of primary amides is 1. The minimum absolute atomic E-state index is 0.0392. The average Bonchev–Trinajstić information content (AvgIpc) is 2.26.